The van der Waals surface area contributed by atoms with Crippen molar-refractivity contribution in [2.24, 2.45) is 21.7 Å². The molecular weight excluding hydrogens is 720 g/mol. The number of cyclic esters (lactones) is 1. The van der Waals surface area contributed by atoms with Gasteiger partial charge in [0.25, 0.3) is 0 Å². The largest absolute Gasteiger partial charge is 0.463 e. The average Bonchev–Trinajstić information content (AvgIpc) is 3.74. The number of aliphatic hydroxyl groups is 1. The Bertz CT molecular complexity index is 1240. The van der Waals surface area contributed by atoms with E-state index in [1.807, 2.05) is 90.0 Å². The molecular formula is C44H80O12. The van der Waals surface area contributed by atoms with Gasteiger partial charge in [0.1, 0.15) is 17.3 Å². The van der Waals surface area contributed by atoms with Crippen LogP contribution in [-0.2, 0) is 52.4 Å². The molecule has 2 aliphatic heterocycles. The molecule has 0 aromatic rings. The first kappa shape index (κ1) is 53.3. The second-order valence-corrected chi connectivity index (χ2v) is 18.8. The molecule has 328 valence electrons. The molecule has 1 aliphatic carbocycles. The number of hydrogen-bond donors (Lipinski definition) is 1. The summed E-state index contributed by atoms with van der Waals surface area (Å²) in [6.45, 7) is 31.6. The van der Waals surface area contributed by atoms with Gasteiger partial charge in [0, 0.05) is 6.42 Å². The summed E-state index contributed by atoms with van der Waals surface area (Å²) in [5, 5.41) is 9.37. The highest BCUT2D eigenvalue weighted by Gasteiger charge is 2.39. The molecule has 0 bridgehead atoms. The molecule has 3 unspecified atom stereocenters. The van der Waals surface area contributed by atoms with E-state index in [-0.39, 0.29) is 52.5 Å². The van der Waals surface area contributed by atoms with Gasteiger partial charge >= 0.3 is 29.8 Å². The average molecular weight is 801 g/mol. The van der Waals surface area contributed by atoms with Gasteiger partial charge in [0.2, 0.25) is 6.10 Å². The number of hydrogen-bond acceptors (Lipinski definition) is 12. The van der Waals surface area contributed by atoms with Crippen LogP contribution < -0.4 is 0 Å². The van der Waals surface area contributed by atoms with E-state index < -0.39 is 35.1 Å². The second-order valence-electron chi connectivity index (χ2n) is 18.8. The van der Waals surface area contributed by atoms with Gasteiger partial charge in [0.05, 0.1) is 41.5 Å². The zero-order valence-corrected chi connectivity index (χ0v) is 38.1. The number of ether oxygens (including phenoxy) is 6. The molecule has 0 radical (unpaired) electrons. The number of rotatable bonds is 12. The van der Waals surface area contributed by atoms with Gasteiger partial charge in [-0.3, -0.25) is 19.2 Å². The summed E-state index contributed by atoms with van der Waals surface area (Å²) in [6.07, 6.45) is 8.43. The summed E-state index contributed by atoms with van der Waals surface area (Å²) in [5.41, 5.74) is -2.22. The van der Waals surface area contributed by atoms with E-state index in [0.29, 0.717) is 26.1 Å². The third kappa shape index (κ3) is 18.2. The summed E-state index contributed by atoms with van der Waals surface area (Å²) < 4.78 is 31.0. The summed E-state index contributed by atoms with van der Waals surface area (Å²) in [4.78, 5) is 57.8. The van der Waals surface area contributed by atoms with E-state index >= 15 is 0 Å². The number of carbonyl (C=O) groups excluding carboxylic acids is 5. The molecule has 12 nitrogen and oxygen atoms in total. The fourth-order valence-corrected chi connectivity index (χ4v) is 4.86. The lowest BCUT2D eigenvalue weighted by Crippen LogP contribution is -2.40. The minimum absolute atomic E-state index is 0.0150. The standard InChI is InChI=1S/C14H26O2.C10H18O4.C10H16O4.C10H20O2/c1-5-13(3,4)12(15)16-14(6-2)10-8-7-9-11-14;1-4-10(2,3)9(12)14-8-6-13-5-7(8)11;1-4-10(2,3)9(12)14-7-5-6-13-8(7)11;1-7-10(5,6)8(11)12-9(2,3)4/h5-11H2,1-4H3;7-8,11H,4-6H2,1-3H3;7H,4-6H2,1-3H3;7H2,1-6H3. The molecule has 1 N–H and O–H groups in total. The van der Waals surface area contributed by atoms with Crippen molar-refractivity contribution >= 4 is 29.8 Å². The first-order chi connectivity index (χ1) is 25.6. The summed E-state index contributed by atoms with van der Waals surface area (Å²) in [6, 6.07) is 0. The first-order valence-corrected chi connectivity index (χ1v) is 20.9. The lowest BCUT2D eigenvalue weighted by atomic mass is 9.82. The van der Waals surface area contributed by atoms with Crippen molar-refractivity contribution in [1.82, 2.24) is 0 Å². The Labute approximate surface area is 339 Å². The van der Waals surface area contributed by atoms with Gasteiger partial charge in [-0.1, -0.05) is 41.0 Å². The zero-order valence-electron chi connectivity index (χ0n) is 38.1. The van der Waals surface area contributed by atoms with E-state index in [1.165, 1.54) is 19.3 Å². The third-order valence-electron chi connectivity index (χ3n) is 11.3. The van der Waals surface area contributed by atoms with Gasteiger partial charge in [0.15, 0.2) is 6.10 Å². The Balaban J connectivity index is 0.000000724. The van der Waals surface area contributed by atoms with Crippen LogP contribution in [0, 0.1) is 21.7 Å². The predicted molar refractivity (Wildman–Crippen MR) is 216 cm³/mol. The quantitative estimate of drug-likeness (QED) is 0.148. The second kappa shape index (κ2) is 23.0. The number of aliphatic hydroxyl groups excluding tert-OH is 1. The van der Waals surface area contributed by atoms with Crippen LogP contribution in [0.25, 0.3) is 0 Å². The molecule has 0 spiro atoms. The molecule has 3 fully saturated rings. The van der Waals surface area contributed by atoms with Crippen molar-refractivity contribution in [2.75, 3.05) is 19.8 Å². The molecule has 0 aromatic carbocycles. The minimum atomic E-state index is -0.687. The number of esters is 5. The molecule has 12 heteroatoms. The normalized spacial score (nSPS) is 21.0. The van der Waals surface area contributed by atoms with Crippen LogP contribution in [0.1, 0.15) is 181 Å². The molecule has 3 aliphatic rings. The maximum atomic E-state index is 12.1. The SMILES string of the molecule is CCC(C)(C)C(=O)OC(C)(C)C.CCC(C)(C)C(=O)OC1CCOC1=O.CCC(C)(C)C(=O)OC1COCC1O.CCC1(OC(=O)C(C)(C)CC)CCCCC1. The highest BCUT2D eigenvalue weighted by atomic mass is 16.6. The van der Waals surface area contributed by atoms with Crippen molar-refractivity contribution in [2.45, 2.75) is 211 Å². The predicted octanol–water partition coefficient (Wildman–Crippen LogP) is 8.85. The summed E-state index contributed by atoms with van der Waals surface area (Å²) in [7, 11) is 0. The molecule has 3 atom stereocenters. The van der Waals surface area contributed by atoms with Crippen LogP contribution in [0.4, 0.5) is 0 Å². The van der Waals surface area contributed by atoms with Crippen LogP contribution in [0.3, 0.4) is 0 Å². The zero-order chi connectivity index (χ0) is 43.8. The maximum Gasteiger partial charge on any atom is 0.347 e. The van der Waals surface area contributed by atoms with Crippen LogP contribution in [0.2, 0.25) is 0 Å². The highest BCUT2D eigenvalue weighted by molar-refractivity contribution is 5.82. The maximum absolute atomic E-state index is 12.1. The van der Waals surface area contributed by atoms with Crippen molar-refractivity contribution in [3.05, 3.63) is 0 Å². The fraction of sp³-hybridized carbons (Fsp3) is 0.886. The fourth-order valence-electron chi connectivity index (χ4n) is 4.86. The van der Waals surface area contributed by atoms with Crippen molar-refractivity contribution in [1.29, 1.82) is 0 Å². The van der Waals surface area contributed by atoms with Crippen molar-refractivity contribution in [3.63, 3.8) is 0 Å². The van der Waals surface area contributed by atoms with E-state index in [4.69, 9.17) is 28.4 Å². The first-order valence-electron chi connectivity index (χ1n) is 20.9. The highest BCUT2D eigenvalue weighted by Crippen LogP contribution is 2.37. The Hall–Kier alpha value is -2.73. The van der Waals surface area contributed by atoms with Crippen LogP contribution in [0.5, 0.6) is 0 Å². The van der Waals surface area contributed by atoms with Crippen LogP contribution >= 0.6 is 0 Å². The monoisotopic (exact) mass is 801 g/mol. The van der Waals surface area contributed by atoms with E-state index in [2.05, 4.69) is 6.92 Å². The Morgan fingerprint density at radius 1 is 0.661 bits per heavy atom. The summed E-state index contributed by atoms with van der Waals surface area (Å²) in [5.74, 6) is -1.15. The minimum Gasteiger partial charge on any atom is -0.463 e. The number of carbonyl (C=O) groups is 5. The van der Waals surface area contributed by atoms with Crippen LogP contribution in [0.15, 0.2) is 0 Å². The van der Waals surface area contributed by atoms with Crippen molar-refractivity contribution in [3.8, 4) is 0 Å². The van der Waals surface area contributed by atoms with Gasteiger partial charge in [-0.25, -0.2) is 4.79 Å². The molecule has 56 heavy (non-hydrogen) atoms. The Kier molecular flexibility index (Phi) is 21.9. The van der Waals surface area contributed by atoms with Crippen LogP contribution in [-0.4, -0.2) is 84.3 Å². The summed E-state index contributed by atoms with van der Waals surface area (Å²) >= 11 is 0. The molecule has 2 saturated heterocycles. The Morgan fingerprint density at radius 3 is 1.48 bits per heavy atom. The Morgan fingerprint density at radius 2 is 1.11 bits per heavy atom. The lowest BCUT2D eigenvalue weighted by Gasteiger charge is -2.38. The molecule has 3 rings (SSSR count). The third-order valence-corrected chi connectivity index (χ3v) is 11.3. The van der Waals surface area contributed by atoms with Gasteiger partial charge < -0.3 is 33.5 Å². The molecule has 2 heterocycles. The molecule has 0 aromatic heterocycles. The molecule has 1 saturated carbocycles. The lowest BCUT2D eigenvalue weighted by molar-refractivity contribution is -0.175. The van der Waals surface area contributed by atoms with E-state index in [0.717, 1.165) is 38.5 Å². The molecule has 0 amide bonds. The smallest absolute Gasteiger partial charge is 0.347 e. The van der Waals surface area contributed by atoms with Gasteiger partial charge in [-0.15, -0.1) is 0 Å². The van der Waals surface area contributed by atoms with Crippen molar-refractivity contribution < 1.29 is 57.5 Å². The van der Waals surface area contributed by atoms with Gasteiger partial charge in [-0.2, -0.15) is 0 Å². The van der Waals surface area contributed by atoms with Gasteiger partial charge in [-0.05, 0) is 134 Å². The van der Waals surface area contributed by atoms with E-state index in [1.54, 1.807) is 13.8 Å². The van der Waals surface area contributed by atoms with E-state index in [9.17, 15) is 29.1 Å². The topological polar surface area (TPSA) is 161 Å².